The van der Waals surface area contributed by atoms with Crippen molar-refractivity contribution < 1.29 is 4.79 Å². The number of benzene rings is 2. The topological polar surface area (TPSA) is 44.4 Å². The summed E-state index contributed by atoms with van der Waals surface area (Å²) in [5.41, 5.74) is 4.09. The van der Waals surface area contributed by atoms with Crippen molar-refractivity contribution in [2.75, 3.05) is 28.6 Å². The van der Waals surface area contributed by atoms with Gasteiger partial charge in [-0.05, 0) is 62.4 Å². The van der Waals surface area contributed by atoms with Crippen LogP contribution in [0.5, 0.6) is 0 Å². The molecule has 2 N–H and O–H groups in total. The molecule has 128 valence electrons. The molecular formula is C20H27N3O. The minimum absolute atomic E-state index is 0.0212. The average molecular weight is 325 g/mol. The molecule has 0 bridgehead atoms. The van der Waals surface area contributed by atoms with Gasteiger partial charge in [-0.1, -0.05) is 13.8 Å². The van der Waals surface area contributed by atoms with E-state index in [0.29, 0.717) is 0 Å². The van der Waals surface area contributed by atoms with Crippen LogP contribution in [0.15, 0.2) is 48.5 Å². The number of hydrogen-bond acceptors (Lipinski definition) is 3. The maximum atomic E-state index is 11.7. The van der Waals surface area contributed by atoms with E-state index in [2.05, 4.69) is 53.6 Å². The lowest BCUT2D eigenvalue weighted by atomic mass is 10.2. The predicted molar refractivity (Wildman–Crippen MR) is 103 cm³/mol. The van der Waals surface area contributed by atoms with E-state index in [9.17, 15) is 4.79 Å². The molecule has 1 amide bonds. The summed E-state index contributed by atoms with van der Waals surface area (Å²) in [6.07, 6.45) is 0. The molecule has 0 fully saturated rings. The fourth-order valence-corrected chi connectivity index (χ4v) is 2.43. The molecule has 0 aliphatic rings. The summed E-state index contributed by atoms with van der Waals surface area (Å²) in [7, 11) is 0. The molecule has 0 atom stereocenters. The summed E-state index contributed by atoms with van der Waals surface area (Å²) >= 11 is 0. The number of nitrogens with zero attached hydrogens (tertiary/aromatic N) is 1. The van der Waals surface area contributed by atoms with E-state index in [4.69, 9.17) is 0 Å². The van der Waals surface area contributed by atoms with Crippen LogP contribution in [0.4, 0.5) is 22.7 Å². The van der Waals surface area contributed by atoms with Gasteiger partial charge in [-0.15, -0.1) is 0 Å². The molecule has 0 aromatic heterocycles. The third-order valence-electron chi connectivity index (χ3n) is 3.96. The van der Waals surface area contributed by atoms with Crippen molar-refractivity contribution >= 4 is 28.7 Å². The number of carbonyl (C=O) groups excluding carboxylic acids is 1. The largest absolute Gasteiger partial charge is 0.372 e. The van der Waals surface area contributed by atoms with Crippen LogP contribution < -0.4 is 15.5 Å². The van der Waals surface area contributed by atoms with Crippen LogP contribution in [0.25, 0.3) is 0 Å². The van der Waals surface area contributed by atoms with Crippen LogP contribution >= 0.6 is 0 Å². The molecule has 0 radical (unpaired) electrons. The van der Waals surface area contributed by atoms with Crippen LogP contribution in [0.1, 0.15) is 27.7 Å². The Morgan fingerprint density at radius 3 is 1.79 bits per heavy atom. The summed E-state index contributed by atoms with van der Waals surface area (Å²) in [5.74, 6) is 0.00910. The zero-order valence-electron chi connectivity index (χ0n) is 15.0. The summed E-state index contributed by atoms with van der Waals surface area (Å²) in [4.78, 5) is 14.0. The Bertz CT molecular complexity index is 644. The predicted octanol–water partition coefficient (Wildman–Crippen LogP) is 4.87. The molecule has 0 saturated heterocycles. The van der Waals surface area contributed by atoms with Gasteiger partial charge < -0.3 is 15.5 Å². The van der Waals surface area contributed by atoms with Crippen LogP contribution in [0.3, 0.4) is 0 Å². The second-order valence-corrected chi connectivity index (χ2v) is 6.07. The zero-order chi connectivity index (χ0) is 17.5. The lowest BCUT2D eigenvalue weighted by Gasteiger charge is -2.21. The van der Waals surface area contributed by atoms with Crippen molar-refractivity contribution in [1.82, 2.24) is 0 Å². The smallest absolute Gasteiger partial charge is 0.226 e. The third kappa shape index (κ3) is 4.75. The maximum Gasteiger partial charge on any atom is 0.226 e. The first-order chi connectivity index (χ1) is 11.5. The molecule has 24 heavy (non-hydrogen) atoms. The van der Waals surface area contributed by atoms with E-state index in [1.165, 1.54) is 5.69 Å². The Morgan fingerprint density at radius 2 is 1.33 bits per heavy atom. The number of amides is 1. The first-order valence-corrected chi connectivity index (χ1v) is 8.56. The number of anilines is 4. The summed E-state index contributed by atoms with van der Waals surface area (Å²) < 4.78 is 0. The Balaban J connectivity index is 1.99. The van der Waals surface area contributed by atoms with Crippen molar-refractivity contribution in [3.05, 3.63) is 48.5 Å². The molecule has 0 spiro atoms. The minimum atomic E-state index is -0.0212. The average Bonchev–Trinajstić information content (AvgIpc) is 2.59. The fourth-order valence-electron chi connectivity index (χ4n) is 2.43. The molecule has 4 nitrogen and oxygen atoms in total. The fraction of sp³-hybridized carbons (Fsp3) is 0.350. The van der Waals surface area contributed by atoms with Crippen molar-refractivity contribution in [2.45, 2.75) is 27.7 Å². The minimum Gasteiger partial charge on any atom is -0.372 e. The molecule has 2 aromatic rings. The second-order valence-electron chi connectivity index (χ2n) is 6.07. The van der Waals surface area contributed by atoms with Crippen LogP contribution in [-0.2, 0) is 4.79 Å². The number of rotatable bonds is 7. The van der Waals surface area contributed by atoms with Crippen molar-refractivity contribution in [1.29, 1.82) is 0 Å². The van der Waals surface area contributed by atoms with E-state index in [1.807, 2.05) is 38.1 Å². The van der Waals surface area contributed by atoms with E-state index in [0.717, 1.165) is 30.2 Å². The van der Waals surface area contributed by atoms with Crippen LogP contribution in [-0.4, -0.2) is 19.0 Å². The van der Waals surface area contributed by atoms with E-state index < -0.39 is 0 Å². The number of hydrogen-bond donors (Lipinski definition) is 2. The van der Waals surface area contributed by atoms with E-state index in [1.54, 1.807) is 0 Å². The van der Waals surface area contributed by atoms with Crippen molar-refractivity contribution in [2.24, 2.45) is 5.92 Å². The van der Waals surface area contributed by atoms with Gasteiger partial charge in [0.25, 0.3) is 0 Å². The molecule has 0 aliphatic heterocycles. The Labute approximate surface area is 144 Å². The summed E-state index contributed by atoms with van der Waals surface area (Å²) in [6.45, 7) is 10.1. The lowest BCUT2D eigenvalue weighted by molar-refractivity contribution is -0.118. The standard InChI is InChI=1S/C20H27N3O/c1-5-23(6-2)19-13-11-17(12-14-19)21-16-7-9-18(10-8-16)22-20(24)15(3)4/h7-15,21H,5-6H2,1-4H3,(H,22,24). The van der Waals surface area contributed by atoms with Gasteiger partial charge in [-0.25, -0.2) is 0 Å². The van der Waals surface area contributed by atoms with Crippen molar-refractivity contribution in [3.8, 4) is 0 Å². The lowest BCUT2D eigenvalue weighted by Crippen LogP contribution is -2.21. The van der Waals surface area contributed by atoms with Gasteiger partial charge in [0.1, 0.15) is 0 Å². The molecular weight excluding hydrogens is 298 g/mol. The van der Waals surface area contributed by atoms with Crippen LogP contribution in [0.2, 0.25) is 0 Å². The first kappa shape index (κ1) is 17.9. The molecule has 0 saturated carbocycles. The Morgan fingerprint density at radius 1 is 0.875 bits per heavy atom. The van der Waals surface area contributed by atoms with Gasteiger partial charge >= 0.3 is 0 Å². The molecule has 2 rings (SSSR count). The van der Waals surface area contributed by atoms with Gasteiger partial charge in [0.15, 0.2) is 0 Å². The zero-order valence-corrected chi connectivity index (χ0v) is 15.0. The van der Waals surface area contributed by atoms with Gasteiger partial charge in [-0.3, -0.25) is 4.79 Å². The molecule has 4 heteroatoms. The van der Waals surface area contributed by atoms with Gasteiger partial charge in [0.05, 0.1) is 0 Å². The second kappa shape index (κ2) is 8.39. The quantitative estimate of drug-likeness (QED) is 0.763. The normalized spacial score (nSPS) is 10.5. The highest BCUT2D eigenvalue weighted by atomic mass is 16.1. The van der Waals surface area contributed by atoms with Crippen molar-refractivity contribution in [3.63, 3.8) is 0 Å². The SMILES string of the molecule is CCN(CC)c1ccc(Nc2ccc(NC(=O)C(C)C)cc2)cc1. The molecule has 2 aromatic carbocycles. The number of nitrogens with one attached hydrogen (secondary N) is 2. The van der Waals surface area contributed by atoms with Gasteiger partial charge in [0.2, 0.25) is 5.91 Å². The molecule has 0 unspecified atom stereocenters. The monoisotopic (exact) mass is 325 g/mol. The summed E-state index contributed by atoms with van der Waals surface area (Å²) in [5, 5.41) is 6.27. The highest BCUT2D eigenvalue weighted by Crippen LogP contribution is 2.22. The first-order valence-electron chi connectivity index (χ1n) is 8.56. The highest BCUT2D eigenvalue weighted by molar-refractivity contribution is 5.92. The van der Waals surface area contributed by atoms with Crippen LogP contribution in [0, 0.1) is 5.92 Å². The molecule has 0 aliphatic carbocycles. The summed E-state index contributed by atoms with van der Waals surface area (Å²) in [6, 6.07) is 16.2. The molecule has 0 heterocycles. The van der Waals surface area contributed by atoms with E-state index in [-0.39, 0.29) is 11.8 Å². The number of carbonyl (C=O) groups is 1. The van der Waals surface area contributed by atoms with E-state index >= 15 is 0 Å². The Kier molecular flexibility index (Phi) is 6.24. The van der Waals surface area contributed by atoms with Gasteiger partial charge in [-0.2, -0.15) is 0 Å². The van der Waals surface area contributed by atoms with Gasteiger partial charge in [0, 0.05) is 41.8 Å². The maximum absolute atomic E-state index is 11.7. The Hall–Kier alpha value is -2.49. The third-order valence-corrected chi connectivity index (χ3v) is 3.96. The highest BCUT2D eigenvalue weighted by Gasteiger charge is 2.07.